The molecule has 3 heteroatoms. The van der Waals surface area contributed by atoms with Crippen molar-refractivity contribution in [3.8, 4) is 0 Å². The maximum absolute atomic E-state index is 5.98. The average Bonchev–Trinajstić information content (AvgIpc) is 3.35. The fourth-order valence-electron chi connectivity index (χ4n) is 4.98. The van der Waals surface area contributed by atoms with Gasteiger partial charge in [-0.2, -0.15) is 4.58 Å². The summed E-state index contributed by atoms with van der Waals surface area (Å²) >= 11 is 0. The fraction of sp³-hybridized carbons (Fsp3) is 0.609. The van der Waals surface area contributed by atoms with Crippen LogP contribution >= 0.6 is 0 Å². The maximum Gasteiger partial charge on any atom is 0.364 e. The minimum atomic E-state index is 0.0185. The largest absolute Gasteiger partial charge is 0.438 e. The lowest BCUT2D eigenvalue weighted by Gasteiger charge is -2.27. The van der Waals surface area contributed by atoms with E-state index in [-0.39, 0.29) is 5.41 Å². The van der Waals surface area contributed by atoms with Gasteiger partial charge in [-0.05, 0) is 30.9 Å². The minimum absolute atomic E-state index is 0.0185. The molecule has 140 valence electrons. The van der Waals surface area contributed by atoms with Crippen molar-refractivity contribution in [2.75, 3.05) is 31.1 Å². The van der Waals surface area contributed by atoms with Crippen LogP contribution in [0, 0.1) is 5.92 Å². The molecule has 1 aliphatic carbocycles. The molecular formula is C23H33N2O+. The normalized spacial score (nSPS) is 23.8. The highest BCUT2D eigenvalue weighted by Crippen LogP contribution is 2.48. The van der Waals surface area contributed by atoms with E-state index in [1.165, 1.54) is 49.1 Å². The van der Waals surface area contributed by atoms with E-state index in [0.717, 1.165) is 38.1 Å². The number of hydrogen-bond acceptors (Lipinski definition) is 2. The summed E-state index contributed by atoms with van der Waals surface area (Å²) in [6, 6.07) is 8.95. The summed E-state index contributed by atoms with van der Waals surface area (Å²) in [6.45, 7) is 10.9. The molecule has 0 aromatic heterocycles. The zero-order chi connectivity index (χ0) is 18.1. The van der Waals surface area contributed by atoms with E-state index < -0.39 is 0 Å². The second kappa shape index (κ2) is 7.09. The van der Waals surface area contributed by atoms with E-state index in [9.17, 15) is 0 Å². The molecule has 4 rings (SSSR count). The van der Waals surface area contributed by atoms with Crippen LogP contribution < -0.4 is 4.90 Å². The molecular weight excluding hydrogens is 320 g/mol. The summed E-state index contributed by atoms with van der Waals surface area (Å²) in [7, 11) is 0. The first-order valence-corrected chi connectivity index (χ1v) is 10.4. The smallest absolute Gasteiger partial charge is 0.364 e. The van der Waals surface area contributed by atoms with Gasteiger partial charge < -0.3 is 9.64 Å². The third kappa shape index (κ3) is 3.06. The van der Waals surface area contributed by atoms with Gasteiger partial charge >= 0.3 is 5.90 Å². The summed E-state index contributed by atoms with van der Waals surface area (Å²) < 4.78 is 8.32. The highest BCUT2D eigenvalue weighted by Gasteiger charge is 2.41. The van der Waals surface area contributed by atoms with Crippen molar-refractivity contribution in [3.05, 3.63) is 41.6 Å². The zero-order valence-corrected chi connectivity index (χ0v) is 16.6. The van der Waals surface area contributed by atoms with E-state index in [4.69, 9.17) is 4.74 Å². The predicted octanol–water partition coefficient (Wildman–Crippen LogP) is 4.71. The second-order valence-corrected chi connectivity index (χ2v) is 8.53. The second-order valence-electron chi connectivity index (χ2n) is 8.53. The molecule has 1 fully saturated rings. The monoisotopic (exact) mass is 353 g/mol. The molecule has 0 unspecified atom stereocenters. The van der Waals surface area contributed by atoms with Gasteiger partial charge in [-0.15, -0.1) is 0 Å². The Kier molecular flexibility index (Phi) is 4.81. The van der Waals surface area contributed by atoms with Crippen LogP contribution in [-0.4, -0.2) is 36.7 Å². The number of allylic oxidation sites excluding steroid dienone is 1. The van der Waals surface area contributed by atoms with E-state index in [0.29, 0.717) is 0 Å². The van der Waals surface area contributed by atoms with Gasteiger partial charge in [-0.3, -0.25) is 0 Å². The van der Waals surface area contributed by atoms with Gasteiger partial charge in [0, 0.05) is 23.3 Å². The third-order valence-corrected chi connectivity index (χ3v) is 6.60. The van der Waals surface area contributed by atoms with Gasteiger partial charge in [0.1, 0.15) is 6.54 Å². The molecule has 0 amide bonds. The van der Waals surface area contributed by atoms with Crippen molar-refractivity contribution < 1.29 is 9.31 Å². The molecule has 0 spiro atoms. The van der Waals surface area contributed by atoms with Crippen molar-refractivity contribution in [2.45, 2.75) is 58.3 Å². The molecule has 0 saturated heterocycles. The molecule has 0 radical (unpaired) electrons. The molecule has 3 aliphatic rings. The van der Waals surface area contributed by atoms with Crippen LogP contribution in [0.1, 0.15) is 58.4 Å². The summed E-state index contributed by atoms with van der Waals surface area (Å²) in [6.07, 6.45) is 9.31. The summed E-state index contributed by atoms with van der Waals surface area (Å²) in [5.74, 6) is 1.96. The third-order valence-electron chi connectivity index (χ3n) is 6.60. The average molecular weight is 354 g/mol. The number of rotatable bonds is 5. The van der Waals surface area contributed by atoms with Crippen molar-refractivity contribution in [1.82, 2.24) is 0 Å². The Morgan fingerprint density at radius 3 is 2.77 bits per heavy atom. The fourth-order valence-corrected chi connectivity index (χ4v) is 4.98. The molecule has 0 bridgehead atoms. The van der Waals surface area contributed by atoms with Crippen molar-refractivity contribution in [3.63, 3.8) is 0 Å². The van der Waals surface area contributed by atoms with Crippen LogP contribution in [0.5, 0.6) is 0 Å². The van der Waals surface area contributed by atoms with E-state index in [1.54, 1.807) is 0 Å². The zero-order valence-electron chi connectivity index (χ0n) is 16.6. The number of nitrogens with zero attached hydrogens (tertiary/aromatic N) is 2. The first-order chi connectivity index (χ1) is 12.6. The molecule has 3 nitrogen and oxygen atoms in total. The van der Waals surface area contributed by atoms with E-state index in [1.807, 2.05) is 0 Å². The van der Waals surface area contributed by atoms with Crippen molar-refractivity contribution in [1.29, 1.82) is 0 Å². The number of fused-ring (bicyclic) bond motifs is 1. The Labute approximate surface area is 158 Å². The lowest BCUT2D eigenvalue weighted by atomic mass is 9.83. The molecule has 1 saturated carbocycles. The number of anilines is 1. The van der Waals surface area contributed by atoms with Gasteiger partial charge in [0.15, 0.2) is 13.2 Å². The summed E-state index contributed by atoms with van der Waals surface area (Å²) in [4.78, 5) is 2.58. The number of para-hydroxylation sites is 1. The minimum Gasteiger partial charge on any atom is -0.438 e. The number of likely N-dealkylation sites (N-methyl/N-ethyl adjacent to an activating group) is 1. The molecule has 1 aromatic rings. The lowest BCUT2D eigenvalue weighted by Crippen LogP contribution is -2.29. The SMILES string of the molecule is CC[N+]1=C(/C=C2/N(CCC3CCCC3)c3ccccc3C2(C)C)OCC1. The predicted molar refractivity (Wildman–Crippen MR) is 108 cm³/mol. The Hall–Kier alpha value is -1.77. The van der Waals surface area contributed by atoms with Gasteiger partial charge in [-0.25, -0.2) is 0 Å². The Morgan fingerprint density at radius 1 is 1.23 bits per heavy atom. The molecule has 26 heavy (non-hydrogen) atoms. The Bertz CT molecular complexity index is 725. The first kappa shape index (κ1) is 17.6. The molecule has 1 aromatic carbocycles. The Balaban J connectivity index is 1.69. The standard InChI is InChI=1S/C23H33N2O/c1-4-24-15-16-26-22(24)17-21-23(2,3)19-11-7-8-12-20(19)25(21)14-13-18-9-5-6-10-18/h7-8,11-12,17-18H,4-6,9-10,13-16H2,1-3H3/q+1. The van der Waals surface area contributed by atoms with Crippen LogP contribution in [0.4, 0.5) is 5.69 Å². The van der Waals surface area contributed by atoms with Crippen LogP contribution in [-0.2, 0) is 10.2 Å². The lowest BCUT2D eigenvalue weighted by molar-refractivity contribution is -0.513. The van der Waals surface area contributed by atoms with Gasteiger partial charge in [0.05, 0.1) is 6.08 Å². The van der Waals surface area contributed by atoms with Crippen LogP contribution in [0.15, 0.2) is 36.0 Å². The molecule has 2 heterocycles. The highest BCUT2D eigenvalue weighted by molar-refractivity contribution is 5.87. The Morgan fingerprint density at radius 2 is 2.00 bits per heavy atom. The maximum atomic E-state index is 5.98. The number of benzene rings is 1. The van der Waals surface area contributed by atoms with Crippen LogP contribution in [0.25, 0.3) is 0 Å². The molecule has 0 N–H and O–H groups in total. The van der Waals surface area contributed by atoms with E-state index >= 15 is 0 Å². The van der Waals surface area contributed by atoms with Gasteiger partial charge in [0.2, 0.25) is 0 Å². The molecule has 0 atom stereocenters. The van der Waals surface area contributed by atoms with Crippen molar-refractivity contribution >= 4 is 11.6 Å². The summed E-state index contributed by atoms with van der Waals surface area (Å²) in [5.41, 5.74) is 4.25. The van der Waals surface area contributed by atoms with Gasteiger partial charge in [0.25, 0.3) is 0 Å². The number of hydrogen-bond donors (Lipinski definition) is 0. The van der Waals surface area contributed by atoms with Gasteiger partial charge in [-0.1, -0.05) is 57.7 Å². The van der Waals surface area contributed by atoms with Crippen molar-refractivity contribution in [2.24, 2.45) is 5.92 Å². The van der Waals surface area contributed by atoms with Crippen LogP contribution in [0.2, 0.25) is 0 Å². The molecule has 2 aliphatic heterocycles. The highest BCUT2D eigenvalue weighted by atomic mass is 16.5. The first-order valence-electron chi connectivity index (χ1n) is 10.4. The van der Waals surface area contributed by atoms with E-state index in [2.05, 4.69) is 60.6 Å². The quantitative estimate of drug-likeness (QED) is 0.713. The summed E-state index contributed by atoms with van der Waals surface area (Å²) in [5, 5.41) is 0. The number of ether oxygens (including phenoxy) is 1. The van der Waals surface area contributed by atoms with Crippen LogP contribution in [0.3, 0.4) is 0 Å². The topological polar surface area (TPSA) is 15.5 Å².